The minimum Gasteiger partial charge on any atom is -0.357 e. The van der Waals surface area contributed by atoms with Crippen molar-refractivity contribution < 1.29 is 9.18 Å². The second-order valence-corrected chi connectivity index (χ2v) is 5.91. The van der Waals surface area contributed by atoms with Crippen molar-refractivity contribution in [3.63, 3.8) is 0 Å². The Labute approximate surface area is 124 Å². The molecular formula is C14H20FN3OS. The zero-order chi connectivity index (χ0) is 15.2. The summed E-state index contributed by atoms with van der Waals surface area (Å²) in [5.41, 5.74) is 5.92. The van der Waals surface area contributed by atoms with Crippen molar-refractivity contribution in [2.24, 2.45) is 0 Å². The minimum atomic E-state index is -0.279. The Hall–Kier alpha value is -1.69. The highest BCUT2D eigenvalue weighted by atomic mass is 32.1. The van der Waals surface area contributed by atoms with Gasteiger partial charge in [0.15, 0.2) is 5.11 Å². The first kappa shape index (κ1) is 16.4. The van der Waals surface area contributed by atoms with E-state index in [4.69, 9.17) is 12.2 Å². The third-order valence-corrected chi connectivity index (χ3v) is 2.56. The molecule has 1 aromatic rings. The van der Waals surface area contributed by atoms with E-state index in [9.17, 15) is 9.18 Å². The van der Waals surface area contributed by atoms with Gasteiger partial charge in [0, 0.05) is 12.0 Å². The van der Waals surface area contributed by atoms with Crippen molar-refractivity contribution in [1.29, 1.82) is 0 Å². The number of hydrogen-bond donors (Lipinski definition) is 3. The molecule has 20 heavy (non-hydrogen) atoms. The summed E-state index contributed by atoms with van der Waals surface area (Å²) < 4.78 is 12.7. The Balaban J connectivity index is 2.27. The Kier molecular flexibility index (Phi) is 5.88. The Bertz CT molecular complexity index is 468. The average molecular weight is 297 g/mol. The van der Waals surface area contributed by atoms with Crippen LogP contribution in [0.25, 0.3) is 0 Å². The molecule has 0 bridgehead atoms. The third kappa shape index (κ3) is 7.04. The number of amides is 1. The van der Waals surface area contributed by atoms with Gasteiger partial charge in [-0.25, -0.2) is 4.39 Å². The van der Waals surface area contributed by atoms with E-state index in [0.29, 0.717) is 18.0 Å². The summed E-state index contributed by atoms with van der Waals surface area (Å²) in [7, 11) is 0. The number of aryl methyl sites for hydroxylation is 1. The normalized spacial score (nSPS) is 10.8. The molecule has 0 unspecified atom stereocenters. The maximum absolute atomic E-state index is 12.7. The summed E-state index contributed by atoms with van der Waals surface area (Å²) >= 11 is 5.03. The fraction of sp³-hybridized carbons (Fsp3) is 0.429. The highest BCUT2D eigenvalue weighted by molar-refractivity contribution is 7.80. The number of hydrogen-bond acceptors (Lipinski definition) is 2. The molecule has 6 heteroatoms. The molecule has 1 aromatic carbocycles. The van der Waals surface area contributed by atoms with Gasteiger partial charge in [-0.05, 0) is 57.1 Å². The molecule has 110 valence electrons. The van der Waals surface area contributed by atoms with Gasteiger partial charge in [0.05, 0.1) is 0 Å². The number of hydrazine groups is 1. The zero-order valence-electron chi connectivity index (χ0n) is 11.9. The highest BCUT2D eigenvalue weighted by Crippen LogP contribution is 2.05. The van der Waals surface area contributed by atoms with E-state index in [2.05, 4.69) is 16.2 Å². The van der Waals surface area contributed by atoms with Crippen LogP contribution in [0.3, 0.4) is 0 Å². The quantitative estimate of drug-likeness (QED) is 0.590. The lowest BCUT2D eigenvalue weighted by molar-refractivity contribution is -0.121. The van der Waals surface area contributed by atoms with Gasteiger partial charge in [-0.15, -0.1) is 0 Å². The molecule has 1 amide bonds. The van der Waals surface area contributed by atoms with Crippen molar-refractivity contribution in [2.75, 3.05) is 0 Å². The van der Waals surface area contributed by atoms with Crippen molar-refractivity contribution in [2.45, 2.75) is 39.2 Å². The van der Waals surface area contributed by atoms with Gasteiger partial charge in [-0.2, -0.15) is 0 Å². The van der Waals surface area contributed by atoms with E-state index < -0.39 is 0 Å². The largest absolute Gasteiger partial charge is 0.357 e. The van der Waals surface area contributed by atoms with Gasteiger partial charge in [0.1, 0.15) is 5.82 Å². The van der Waals surface area contributed by atoms with Crippen LogP contribution in [0.5, 0.6) is 0 Å². The summed E-state index contributed by atoms with van der Waals surface area (Å²) in [5.74, 6) is -0.453. The van der Waals surface area contributed by atoms with Crippen LogP contribution in [0, 0.1) is 5.82 Å². The lowest BCUT2D eigenvalue weighted by Gasteiger charge is -2.23. The summed E-state index contributed by atoms with van der Waals surface area (Å²) in [4.78, 5) is 11.6. The predicted octanol–water partition coefficient (Wildman–Crippen LogP) is 2.05. The number of rotatable bonds is 3. The molecule has 0 fully saturated rings. The van der Waals surface area contributed by atoms with Crippen LogP contribution in [0.15, 0.2) is 24.3 Å². The molecule has 4 nitrogen and oxygen atoms in total. The molecule has 0 saturated carbocycles. The average Bonchev–Trinajstić information content (AvgIpc) is 2.33. The summed E-state index contributed by atoms with van der Waals surface area (Å²) in [6.07, 6.45) is 0.851. The van der Waals surface area contributed by atoms with Crippen LogP contribution < -0.4 is 16.2 Å². The molecule has 0 radical (unpaired) electrons. The Morgan fingerprint density at radius 2 is 1.80 bits per heavy atom. The van der Waals surface area contributed by atoms with Crippen LogP contribution in [0.2, 0.25) is 0 Å². The van der Waals surface area contributed by atoms with Crippen molar-refractivity contribution in [1.82, 2.24) is 16.2 Å². The molecule has 0 aliphatic carbocycles. The standard InChI is InChI=1S/C14H20FN3OS/c1-14(2,3)16-13(20)18-17-12(19)9-6-10-4-7-11(15)8-5-10/h4-5,7-8H,6,9H2,1-3H3,(H,17,19)(H2,16,18,20). The second kappa shape index (κ2) is 7.19. The fourth-order valence-corrected chi connectivity index (χ4v) is 1.83. The number of carbonyl (C=O) groups excluding carboxylic acids is 1. The van der Waals surface area contributed by atoms with Crippen LogP contribution in [0.4, 0.5) is 4.39 Å². The molecule has 0 spiro atoms. The topological polar surface area (TPSA) is 53.2 Å². The van der Waals surface area contributed by atoms with Crippen LogP contribution in [-0.2, 0) is 11.2 Å². The summed E-state index contributed by atoms with van der Waals surface area (Å²) in [6, 6.07) is 6.10. The highest BCUT2D eigenvalue weighted by Gasteiger charge is 2.11. The maximum Gasteiger partial charge on any atom is 0.238 e. The second-order valence-electron chi connectivity index (χ2n) is 5.50. The van der Waals surface area contributed by atoms with Crippen molar-refractivity contribution >= 4 is 23.2 Å². The molecule has 1 rings (SSSR count). The summed E-state index contributed by atoms with van der Waals surface area (Å²) in [5, 5.41) is 3.39. The van der Waals surface area contributed by atoms with E-state index in [1.807, 2.05) is 20.8 Å². The molecule has 0 heterocycles. The van der Waals surface area contributed by atoms with Gasteiger partial charge < -0.3 is 5.32 Å². The number of carbonyl (C=O) groups is 1. The third-order valence-electron chi connectivity index (χ3n) is 2.36. The molecule has 0 aliphatic rings. The number of thiocarbonyl (C=S) groups is 1. The molecule has 3 N–H and O–H groups in total. The smallest absolute Gasteiger partial charge is 0.238 e. The van der Waals surface area contributed by atoms with Crippen LogP contribution in [0.1, 0.15) is 32.8 Å². The predicted molar refractivity (Wildman–Crippen MR) is 81.5 cm³/mol. The lowest BCUT2D eigenvalue weighted by atomic mass is 10.1. The number of nitrogens with one attached hydrogen (secondary N) is 3. The van der Waals surface area contributed by atoms with Crippen molar-refractivity contribution in [3.8, 4) is 0 Å². The van der Waals surface area contributed by atoms with Crippen molar-refractivity contribution in [3.05, 3.63) is 35.6 Å². The fourth-order valence-electron chi connectivity index (χ4n) is 1.47. The molecule has 0 aromatic heterocycles. The summed E-state index contributed by atoms with van der Waals surface area (Å²) in [6.45, 7) is 5.91. The lowest BCUT2D eigenvalue weighted by Crippen LogP contribution is -2.52. The number of halogens is 1. The zero-order valence-corrected chi connectivity index (χ0v) is 12.7. The number of benzene rings is 1. The van der Waals surface area contributed by atoms with Gasteiger partial charge in [0.2, 0.25) is 5.91 Å². The first-order chi connectivity index (χ1) is 9.26. The first-order valence-corrected chi connectivity index (χ1v) is 6.78. The van der Waals surface area contributed by atoms with Gasteiger partial charge in [-0.1, -0.05) is 12.1 Å². The van der Waals surface area contributed by atoms with E-state index in [-0.39, 0.29) is 17.3 Å². The first-order valence-electron chi connectivity index (χ1n) is 6.38. The van der Waals surface area contributed by atoms with Crippen LogP contribution >= 0.6 is 12.2 Å². The maximum atomic E-state index is 12.7. The SMILES string of the molecule is CC(C)(C)NC(=S)NNC(=O)CCc1ccc(F)cc1. The Morgan fingerprint density at radius 1 is 1.20 bits per heavy atom. The monoisotopic (exact) mass is 297 g/mol. The molecule has 0 atom stereocenters. The van der Waals surface area contributed by atoms with Gasteiger partial charge in [0.25, 0.3) is 0 Å². The minimum absolute atomic E-state index is 0.164. The van der Waals surface area contributed by atoms with Gasteiger partial charge in [-0.3, -0.25) is 15.6 Å². The molecule has 0 aliphatic heterocycles. The van der Waals surface area contributed by atoms with E-state index in [1.54, 1.807) is 12.1 Å². The van der Waals surface area contributed by atoms with E-state index in [1.165, 1.54) is 12.1 Å². The van der Waals surface area contributed by atoms with Crippen LogP contribution in [-0.4, -0.2) is 16.6 Å². The van der Waals surface area contributed by atoms with Gasteiger partial charge >= 0.3 is 0 Å². The molecule has 0 saturated heterocycles. The van der Waals surface area contributed by atoms with E-state index in [0.717, 1.165) is 5.56 Å². The molecular weight excluding hydrogens is 277 g/mol. The van der Waals surface area contributed by atoms with E-state index >= 15 is 0 Å². The Morgan fingerprint density at radius 3 is 2.35 bits per heavy atom.